The zero-order valence-corrected chi connectivity index (χ0v) is 10.8. The molecular formula is C12H16BrN3. The van der Waals surface area contributed by atoms with E-state index in [9.17, 15) is 0 Å². The number of nitrogens with zero attached hydrogens (tertiary/aromatic N) is 2. The maximum absolute atomic E-state index is 4.77. The van der Waals surface area contributed by atoms with Crippen molar-refractivity contribution in [3.8, 4) is 0 Å². The van der Waals surface area contributed by atoms with Crippen LogP contribution in [0.25, 0.3) is 0 Å². The van der Waals surface area contributed by atoms with Gasteiger partial charge in [0, 0.05) is 18.0 Å². The van der Waals surface area contributed by atoms with E-state index in [0.717, 1.165) is 23.4 Å². The van der Waals surface area contributed by atoms with Gasteiger partial charge in [-0.3, -0.25) is 0 Å². The summed E-state index contributed by atoms with van der Waals surface area (Å²) in [7, 11) is 0. The second-order valence-corrected chi connectivity index (χ2v) is 5.61. The van der Waals surface area contributed by atoms with Gasteiger partial charge in [-0.25, -0.2) is 9.97 Å². The van der Waals surface area contributed by atoms with Crippen LogP contribution in [0.3, 0.4) is 0 Å². The summed E-state index contributed by atoms with van der Waals surface area (Å²) in [6.45, 7) is 2.22. The number of hydrogen-bond donors (Lipinski definition) is 1. The van der Waals surface area contributed by atoms with E-state index in [-0.39, 0.29) is 0 Å². The minimum absolute atomic E-state index is 0.608. The maximum atomic E-state index is 4.77. The van der Waals surface area contributed by atoms with E-state index in [1.54, 1.807) is 0 Å². The molecule has 1 N–H and O–H groups in total. The van der Waals surface area contributed by atoms with E-state index >= 15 is 0 Å². The van der Waals surface area contributed by atoms with Crippen LogP contribution in [0.5, 0.6) is 0 Å². The van der Waals surface area contributed by atoms with Crippen molar-refractivity contribution in [2.45, 2.75) is 37.5 Å². The molecule has 0 spiro atoms. The standard InChI is InChI=1S/C12H16BrN3/c13-10-7-15-12(9-1-2-9)16-11(10)8-3-5-14-6-4-8/h7-9,14H,1-6H2. The smallest absolute Gasteiger partial charge is 0.131 e. The van der Waals surface area contributed by atoms with E-state index in [0.29, 0.717) is 11.8 Å². The molecule has 2 aliphatic rings. The topological polar surface area (TPSA) is 37.8 Å². The molecule has 86 valence electrons. The molecule has 1 aromatic rings. The lowest BCUT2D eigenvalue weighted by Gasteiger charge is -2.23. The summed E-state index contributed by atoms with van der Waals surface area (Å²) in [6, 6.07) is 0. The largest absolute Gasteiger partial charge is 0.317 e. The first kappa shape index (κ1) is 10.7. The van der Waals surface area contributed by atoms with Crippen molar-refractivity contribution in [2.24, 2.45) is 0 Å². The molecule has 0 amide bonds. The summed E-state index contributed by atoms with van der Waals surface area (Å²) in [4.78, 5) is 9.19. The Morgan fingerprint density at radius 1 is 1.12 bits per heavy atom. The molecule has 1 aliphatic heterocycles. The summed E-state index contributed by atoms with van der Waals surface area (Å²) >= 11 is 3.59. The first-order valence-corrected chi connectivity index (χ1v) is 6.87. The van der Waals surface area contributed by atoms with E-state index < -0.39 is 0 Å². The molecule has 0 unspecified atom stereocenters. The Hall–Kier alpha value is -0.480. The molecule has 2 fully saturated rings. The highest BCUT2D eigenvalue weighted by Crippen LogP contribution is 2.39. The predicted molar refractivity (Wildman–Crippen MR) is 66.6 cm³/mol. The van der Waals surface area contributed by atoms with Crippen LogP contribution in [0.4, 0.5) is 0 Å². The van der Waals surface area contributed by atoms with Crippen molar-refractivity contribution in [3.63, 3.8) is 0 Å². The highest BCUT2D eigenvalue weighted by atomic mass is 79.9. The van der Waals surface area contributed by atoms with Gasteiger partial charge in [0.15, 0.2) is 0 Å². The van der Waals surface area contributed by atoms with Crippen LogP contribution in [0.2, 0.25) is 0 Å². The van der Waals surface area contributed by atoms with Crippen molar-refractivity contribution in [3.05, 3.63) is 22.2 Å². The van der Waals surface area contributed by atoms with Crippen LogP contribution in [0, 0.1) is 0 Å². The number of piperidine rings is 1. The first-order valence-electron chi connectivity index (χ1n) is 6.07. The molecule has 16 heavy (non-hydrogen) atoms. The molecule has 2 heterocycles. The molecule has 1 saturated carbocycles. The zero-order valence-electron chi connectivity index (χ0n) is 9.25. The second kappa shape index (κ2) is 4.41. The lowest BCUT2D eigenvalue weighted by Crippen LogP contribution is -2.27. The molecule has 4 heteroatoms. The predicted octanol–water partition coefficient (Wildman–Crippen LogP) is 2.58. The van der Waals surface area contributed by atoms with Crippen LogP contribution in [0.15, 0.2) is 10.7 Å². The van der Waals surface area contributed by atoms with Gasteiger partial charge in [-0.05, 0) is 54.7 Å². The van der Waals surface area contributed by atoms with Crippen molar-refractivity contribution >= 4 is 15.9 Å². The highest BCUT2D eigenvalue weighted by Gasteiger charge is 2.28. The van der Waals surface area contributed by atoms with Crippen LogP contribution in [-0.4, -0.2) is 23.1 Å². The van der Waals surface area contributed by atoms with E-state index in [2.05, 4.69) is 26.2 Å². The van der Waals surface area contributed by atoms with Crippen LogP contribution < -0.4 is 5.32 Å². The third kappa shape index (κ3) is 2.13. The quantitative estimate of drug-likeness (QED) is 0.906. The molecule has 0 aromatic carbocycles. The summed E-state index contributed by atoms with van der Waals surface area (Å²) < 4.78 is 1.09. The number of rotatable bonds is 2. The van der Waals surface area contributed by atoms with E-state index in [1.807, 2.05) is 6.20 Å². The zero-order chi connectivity index (χ0) is 11.0. The third-order valence-electron chi connectivity index (χ3n) is 3.46. The molecule has 1 aromatic heterocycles. The fraction of sp³-hybridized carbons (Fsp3) is 0.667. The Morgan fingerprint density at radius 3 is 2.56 bits per heavy atom. The van der Waals surface area contributed by atoms with Crippen molar-refractivity contribution < 1.29 is 0 Å². The first-order chi connectivity index (χ1) is 7.84. The van der Waals surface area contributed by atoms with Gasteiger partial charge in [-0.15, -0.1) is 0 Å². The number of hydrogen-bond acceptors (Lipinski definition) is 3. The monoisotopic (exact) mass is 281 g/mol. The second-order valence-electron chi connectivity index (χ2n) is 4.76. The highest BCUT2D eigenvalue weighted by molar-refractivity contribution is 9.10. The molecule has 1 saturated heterocycles. The fourth-order valence-electron chi connectivity index (χ4n) is 2.31. The van der Waals surface area contributed by atoms with Gasteiger partial charge >= 0.3 is 0 Å². The molecule has 0 radical (unpaired) electrons. The Labute approximate surface area is 104 Å². The molecule has 3 rings (SSSR count). The molecule has 1 aliphatic carbocycles. The SMILES string of the molecule is Brc1cnc(C2CC2)nc1C1CCNCC1. The summed E-state index contributed by atoms with van der Waals surface area (Å²) in [5, 5.41) is 3.39. The molecule has 3 nitrogen and oxygen atoms in total. The molecule has 0 bridgehead atoms. The summed E-state index contributed by atoms with van der Waals surface area (Å²) in [5.41, 5.74) is 1.23. The van der Waals surface area contributed by atoms with Gasteiger partial charge < -0.3 is 5.32 Å². The van der Waals surface area contributed by atoms with E-state index in [4.69, 9.17) is 4.98 Å². The Balaban J connectivity index is 1.88. The molecular weight excluding hydrogens is 266 g/mol. The lowest BCUT2D eigenvalue weighted by molar-refractivity contribution is 0.450. The number of nitrogens with one attached hydrogen (secondary N) is 1. The van der Waals surface area contributed by atoms with Gasteiger partial charge in [0.05, 0.1) is 10.2 Å². The number of aromatic nitrogens is 2. The third-order valence-corrected chi connectivity index (χ3v) is 4.07. The van der Waals surface area contributed by atoms with Gasteiger partial charge in [-0.2, -0.15) is 0 Å². The Morgan fingerprint density at radius 2 is 1.88 bits per heavy atom. The summed E-state index contributed by atoms with van der Waals surface area (Å²) in [6.07, 6.45) is 6.87. The Kier molecular flexibility index (Phi) is 2.94. The van der Waals surface area contributed by atoms with E-state index in [1.165, 1.54) is 31.4 Å². The van der Waals surface area contributed by atoms with Gasteiger partial charge in [0.25, 0.3) is 0 Å². The molecule has 0 atom stereocenters. The summed E-state index contributed by atoms with van der Waals surface area (Å²) in [5.74, 6) is 2.32. The van der Waals surface area contributed by atoms with Crippen molar-refractivity contribution in [1.82, 2.24) is 15.3 Å². The average molecular weight is 282 g/mol. The average Bonchev–Trinajstić information content (AvgIpc) is 3.15. The van der Waals surface area contributed by atoms with Crippen molar-refractivity contribution in [1.29, 1.82) is 0 Å². The van der Waals surface area contributed by atoms with Gasteiger partial charge in [-0.1, -0.05) is 0 Å². The van der Waals surface area contributed by atoms with Crippen LogP contribution >= 0.6 is 15.9 Å². The Bertz CT molecular complexity index is 384. The normalized spacial score (nSPS) is 22.3. The maximum Gasteiger partial charge on any atom is 0.131 e. The van der Waals surface area contributed by atoms with Crippen LogP contribution in [-0.2, 0) is 0 Å². The van der Waals surface area contributed by atoms with Gasteiger partial charge in [0.2, 0.25) is 0 Å². The van der Waals surface area contributed by atoms with Crippen LogP contribution in [0.1, 0.15) is 49.0 Å². The lowest BCUT2D eigenvalue weighted by atomic mass is 9.94. The number of halogens is 1. The minimum atomic E-state index is 0.608. The van der Waals surface area contributed by atoms with Gasteiger partial charge in [0.1, 0.15) is 5.82 Å². The minimum Gasteiger partial charge on any atom is -0.317 e. The fourth-order valence-corrected chi connectivity index (χ4v) is 2.83. The van der Waals surface area contributed by atoms with Crippen molar-refractivity contribution in [2.75, 3.05) is 13.1 Å².